The largest absolute Gasteiger partial charge is 0.481 e. The van der Waals surface area contributed by atoms with Crippen LogP contribution in [0, 0.1) is 6.92 Å². The first-order valence-electron chi connectivity index (χ1n) is 10.6. The Hall–Kier alpha value is -4.20. The van der Waals surface area contributed by atoms with E-state index in [4.69, 9.17) is 9.47 Å². The number of hydrogen-bond acceptors (Lipinski definition) is 6. The Bertz CT molecular complexity index is 1330. The number of rotatable bonds is 3. The molecule has 0 unspecified atom stereocenters. The van der Waals surface area contributed by atoms with Crippen molar-refractivity contribution >= 4 is 6.09 Å². The molecule has 0 saturated heterocycles. The Morgan fingerprint density at radius 3 is 2.39 bits per heavy atom. The molecule has 1 amide bonds. The predicted octanol–water partition coefficient (Wildman–Crippen LogP) is 4.40. The average molecular weight is 441 g/mol. The normalized spacial score (nSPS) is 12.5. The lowest BCUT2D eigenvalue weighted by Crippen LogP contribution is -2.29. The fraction of sp³-hybridized carbons (Fsp3) is 0.200. The lowest BCUT2D eigenvalue weighted by Gasteiger charge is -2.17. The molecule has 0 radical (unpaired) electrons. The molecule has 5 rings (SSSR count). The lowest BCUT2D eigenvalue weighted by molar-refractivity contribution is 0.117. The van der Waals surface area contributed by atoms with E-state index in [1.807, 2.05) is 34.9 Å². The van der Waals surface area contributed by atoms with Crippen molar-refractivity contribution < 1.29 is 14.3 Å². The molecule has 8 heteroatoms. The summed E-state index contributed by atoms with van der Waals surface area (Å²) in [4.78, 5) is 18.5. The third-order valence-corrected chi connectivity index (χ3v) is 5.81. The highest BCUT2D eigenvalue weighted by Gasteiger charge is 2.28. The summed E-state index contributed by atoms with van der Waals surface area (Å²) in [5.41, 5.74) is 5.95. The number of hydrogen-bond donors (Lipinski definition) is 0. The Morgan fingerprint density at radius 2 is 1.67 bits per heavy atom. The van der Waals surface area contributed by atoms with Gasteiger partial charge in [0.05, 0.1) is 38.7 Å². The quantitative estimate of drug-likeness (QED) is 0.469. The molecule has 0 atom stereocenters. The molecule has 0 spiro atoms. The third-order valence-electron chi connectivity index (χ3n) is 5.81. The summed E-state index contributed by atoms with van der Waals surface area (Å²) in [6.45, 7) is 2.63. The van der Waals surface area contributed by atoms with Gasteiger partial charge < -0.3 is 9.47 Å². The van der Waals surface area contributed by atoms with Gasteiger partial charge in [-0.2, -0.15) is 0 Å². The minimum Gasteiger partial charge on any atom is -0.481 e. The number of aryl methyl sites for hydroxylation is 1. The smallest absolute Gasteiger partial charge is 0.410 e. The number of amides is 1. The zero-order valence-electron chi connectivity index (χ0n) is 18.6. The molecule has 33 heavy (non-hydrogen) atoms. The first kappa shape index (κ1) is 20.7. The van der Waals surface area contributed by atoms with Crippen molar-refractivity contribution in [3.8, 4) is 34.1 Å². The lowest BCUT2D eigenvalue weighted by atomic mass is 9.99. The van der Waals surface area contributed by atoms with E-state index in [1.165, 1.54) is 18.2 Å². The number of carbonyl (C=O) groups is 1. The number of aromatic nitrogens is 4. The maximum atomic E-state index is 12.4. The number of pyridine rings is 1. The van der Waals surface area contributed by atoms with Crippen molar-refractivity contribution in [1.82, 2.24) is 24.6 Å². The molecule has 1 aliphatic heterocycles. The molecule has 2 aromatic carbocycles. The van der Waals surface area contributed by atoms with Gasteiger partial charge in [0.25, 0.3) is 0 Å². The summed E-state index contributed by atoms with van der Waals surface area (Å²) in [5.74, 6) is 1.78. The summed E-state index contributed by atoms with van der Waals surface area (Å²) < 4.78 is 12.2. The van der Waals surface area contributed by atoms with E-state index in [0.29, 0.717) is 23.2 Å². The number of benzene rings is 2. The van der Waals surface area contributed by atoms with Crippen molar-refractivity contribution in [3.05, 3.63) is 77.7 Å². The average Bonchev–Trinajstić information content (AvgIpc) is 3.19. The summed E-state index contributed by atoms with van der Waals surface area (Å²) in [7, 11) is 2.93. The summed E-state index contributed by atoms with van der Waals surface area (Å²) in [6.07, 6.45) is -0.453. The number of nitrogens with zero attached hydrogens (tertiary/aromatic N) is 5. The zero-order chi connectivity index (χ0) is 22.9. The number of methoxy groups -OCH3 is 2. The molecule has 0 saturated carbocycles. The molecule has 2 aromatic heterocycles. The maximum absolute atomic E-state index is 12.4. The zero-order valence-corrected chi connectivity index (χ0v) is 18.6. The fourth-order valence-corrected chi connectivity index (χ4v) is 4.13. The van der Waals surface area contributed by atoms with Crippen LogP contribution in [-0.2, 0) is 17.8 Å². The van der Waals surface area contributed by atoms with E-state index >= 15 is 0 Å². The Labute approximate surface area is 191 Å². The molecule has 3 heterocycles. The first-order valence-corrected chi connectivity index (χ1v) is 10.6. The van der Waals surface area contributed by atoms with Crippen LogP contribution in [0.2, 0.25) is 0 Å². The van der Waals surface area contributed by atoms with E-state index in [9.17, 15) is 4.79 Å². The molecular formula is C25H23N5O3. The molecule has 0 N–H and O–H groups in total. The Morgan fingerprint density at radius 1 is 0.909 bits per heavy atom. The second-order valence-electron chi connectivity index (χ2n) is 7.81. The van der Waals surface area contributed by atoms with Crippen LogP contribution in [0.5, 0.6) is 5.88 Å². The second-order valence-corrected chi connectivity index (χ2v) is 7.81. The maximum Gasteiger partial charge on any atom is 0.410 e. The van der Waals surface area contributed by atoms with Gasteiger partial charge in [-0.05, 0) is 29.7 Å². The number of ether oxygens (including phenoxy) is 2. The van der Waals surface area contributed by atoms with Gasteiger partial charge >= 0.3 is 6.09 Å². The van der Waals surface area contributed by atoms with Crippen LogP contribution in [0.1, 0.15) is 17.1 Å². The van der Waals surface area contributed by atoms with E-state index in [-0.39, 0.29) is 13.1 Å². The van der Waals surface area contributed by atoms with Gasteiger partial charge in [-0.1, -0.05) is 48.5 Å². The van der Waals surface area contributed by atoms with Crippen LogP contribution in [0.3, 0.4) is 0 Å². The highest BCUT2D eigenvalue weighted by atomic mass is 16.5. The first-order chi connectivity index (χ1) is 16.1. The van der Waals surface area contributed by atoms with Gasteiger partial charge in [0.15, 0.2) is 11.6 Å². The minimum absolute atomic E-state index is 0.250. The molecular weight excluding hydrogens is 418 g/mol. The molecule has 166 valence electrons. The van der Waals surface area contributed by atoms with E-state index in [2.05, 4.69) is 46.4 Å². The fourth-order valence-electron chi connectivity index (χ4n) is 4.13. The second kappa shape index (κ2) is 8.38. The van der Waals surface area contributed by atoms with E-state index in [1.54, 1.807) is 18.1 Å². The minimum atomic E-state index is -0.453. The van der Waals surface area contributed by atoms with Gasteiger partial charge in [-0.3, -0.25) is 9.47 Å². The summed E-state index contributed by atoms with van der Waals surface area (Å²) >= 11 is 0. The Balaban J connectivity index is 1.61. The topological polar surface area (TPSA) is 82.4 Å². The van der Waals surface area contributed by atoms with Crippen LogP contribution < -0.4 is 4.74 Å². The molecule has 0 fully saturated rings. The molecule has 0 aliphatic carbocycles. The molecule has 1 aliphatic rings. The van der Waals surface area contributed by atoms with Crippen molar-refractivity contribution in [3.63, 3.8) is 0 Å². The van der Waals surface area contributed by atoms with Gasteiger partial charge in [0.1, 0.15) is 0 Å². The van der Waals surface area contributed by atoms with Crippen molar-refractivity contribution in [2.75, 3.05) is 14.2 Å². The van der Waals surface area contributed by atoms with Gasteiger partial charge in [0, 0.05) is 11.6 Å². The van der Waals surface area contributed by atoms with Gasteiger partial charge in [-0.15, -0.1) is 10.2 Å². The Kier molecular flexibility index (Phi) is 5.26. The predicted molar refractivity (Wildman–Crippen MR) is 123 cm³/mol. The van der Waals surface area contributed by atoms with Crippen molar-refractivity contribution in [1.29, 1.82) is 0 Å². The van der Waals surface area contributed by atoms with Crippen LogP contribution in [-0.4, -0.2) is 45.0 Å². The van der Waals surface area contributed by atoms with Gasteiger partial charge in [-0.25, -0.2) is 9.78 Å². The third kappa shape index (κ3) is 3.69. The van der Waals surface area contributed by atoms with Crippen LogP contribution >= 0.6 is 0 Å². The number of fused-ring (bicyclic) bond motifs is 3. The monoisotopic (exact) mass is 441 g/mol. The standard InChI is InChI=1S/C25H23N5O3/c1-16-6-4-5-7-19(16)17-8-10-18(11-9-17)24-28-27-22-15-29(25(31)33-3)14-20-21(30(22)24)12-13-23(26-20)32-2/h4-13H,14-15H2,1-3H3. The summed E-state index contributed by atoms with van der Waals surface area (Å²) in [6, 6.07) is 20.3. The van der Waals surface area contributed by atoms with E-state index in [0.717, 1.165) is 16.8 Å². The van der Waals surface area contributed by atoms with Gasteiger partial charge in [0.2, 0.25) is 5.88 Å². The highest BCUT2D eigenvalue weighted by Crippen LogP contribution is 2.31. The van der Waals surface area contributed by atoms with Crippen LogP contribution in [0.15, 0.2) is 60.7 Å². The molecule has 8 nitrogen and oxygen atoms in total. The SMILES string of the molecule is COC(=O)N1Cc2nc(OC)ccc2-n2c(nnc2-c2ccc(-c3ccccc3C)cc2)C1. The van der Waals surface area contributed by atoms with Crippen LogP contribution in [0.25, 0.3) is 28.2 Å². The summed E-state index contributed by atoms with van der Waals surface area (Å²) in [5, 5.41) is 8.87. The highest BCUT2D eigenvalue weighted by molar-refractivity contribution is 5.71. The van der Waals surface area contributed by atoms with E-state index < -0.39 is 6.09 Å². The molecule has 4 aromatic rings. The van der Waals surface area contributed by atoms with Crippen LogP contribution in [0.4, 0.5) is 4.79 Å². The number of carbonyl (C=O) groups excluding carboxylic acids is 1. The van der Waals surface area contributed by atoms with Crippen molar-refractivity contribution in [2.24, 2.45) is 0 Å². The molecule has 0 bridgehead atoms. The van der Waals surface area contributed by atoms with Crippen molar-refractivity contribution in [2.45, 2.75) is 20.0 Å².